The molecule has 0 bridgehead atoms. The van der Waals surface area contributed by atoms with Gasteiger partial charge < -0.3 is 0 Å². The zero-order valence-electron chi connectivity index (χ0n) is 10.6. The zero-order valence-corrected chi connectivity index (χ0v) is 10.6. The molecule has 1 heteroatoms. The second kappa shape index (κ2) is 3.72. The third kappa shape index (κ3) is 1.65. The second-order valence-corrected chi connectivity index (χ2v) is 6.34. The minimum absolute atomic E-state index is 0.384. The highest BCUT2D eigenvalue weighted by Gasteiger charge is 2.59. The molecular formula is C15H23N. The average Bonchev–Trinajstić information content (AvgIpc) is 2.88. The van der Waals surface area contributed by atoms with Crippen LogP contribution in [0.3, 0.4) is 0 Å². The van der Waals surface area contributed by atoms with Crippen molar-refractivity contribution in [3.63, 3.8) is 0 Å². The normalized spacial score (nSPS) is 41.1. The third-order valence-electron chi connectivity index (χ3n) is 4.57. The van der Waals surface area contributed by atoms with Crippen molar-refractivity contribution in [1.29, 1.82) is 0 Å². The van der Waals surface area contributed by atoms with E-state index >= 15 is 0 Å². The molecule has 16 heavy (non-hydrogen) atoms. The van der Waals surface area contributed by atoms with E-state index in [-0.39, 0.29) is 0 Å². The van der Waals surface area contributed by atoms with E-state index in [1.165, 1.54) is 37.8 Å². The van der Waals surface area contributed by atoms with E-state index in [1.54, 1.807) is 0 Å². The Labute approximate surface area is 99.0 Å². The van der Waals surface area contributed by atoms with Crippen molar-refractivity contribution >= 4 is 5.71 Å². The number of aliphatic imine (C=N–C) groups is 1. The molecule has 0 N–H and O–H groups in total. The van der Waals surface area contributed by atoms with E-state index in [0.717, 1.165) is 24.2 Å². The molecule has 2 fully saturated rings. The maximum atomic E-state index is 5.14. The van der Waals surface area contributed by atoms with E-state index in [2.05, 4.69) is 26.0 Å². The number of hydrogen-bond donors (Lipinski definition) is 0. The van der Waals surface area contributed by atoms with Crippen LogP contribution < -0.4 is 0 Å². The molecule has 2 aliphatic carbocycles. The first-order chi connectivity index (χ1) is 7.71. The first kappa shape index (κ1) is 10.6. The van der Waals surface area contributed by atoms with Gasteiger partial charge in [-0.3, -0.25) is 4.99 Å². The topological polar surface area (TPSA) is 12.4 Å². The summed E-state index contributed by atoms with van der Waals surface area (Å²) >= 11 is 0. The number of hydrogen-bond acceptors (Lipinski definition) is 1. The molecule has 2 saturated carbocycles. The fourth-order valence-electron chi connectivity index (χ4n) is 3.69. The van der Waals surface area contributed by atoms with Crippen molar-refractivity contribution in [2.24, 2.45) is 22.7 Å². The van der Waals surface area contributed by atoms with Crippen LogP contribution in [0.15, 0.2) is 17.1 Å². The van der Waals surface area contributed by atoms with Crippen molar-refractivity contribution in [2.75, 3.05) is 0 Å². The quantitative estimate of drug-likeness (QED) is 0.663. The van der Waals surface area contributed by atoms with Gasteiger partial charge in [-0.1, -0.05) is 32.8 Å². The number of nitrogens with zero attached hydrogens (tertiary/aromatic N) is 1. The third-order valence-corrected chi connectivity index (χ3v) is 4.57. The summed E-state index contributed by atoms with van der Waals surface area (Å²) in [4.78, 5) is 5.14. The van der Waals surface area contributed by atoms with Crippen molar-refractivity contribution in [3.05, 3.63) is 12.2 Å². The van der Waals surface area contributed by atoms with Crippen molar-refractivity contribution in [1.82, 2.24) is 0 Å². The summed E-state index contributed by atoms with van der Waals surface area (Å²) in [5.41, 5.74) is 1.76. The monoisotopic (exact) mass is 217 g/mol. The standard InChI is InChI=1S/C15H23N/c1-11(2)9-14-8-7-12-5-3-4-6-13-10-15(12,13)16-14/h7-8,11-13H,3-6,9-10H2,1-2H3. The Hall–Kier alpha value is -0.590. The predicted octanol–water partition coefficient (Wildman–Crippen LogP) is 3.99. The van der Waals surface area contributed by atoms with Crippen LogP contribution in [0.4, 0.5) is 0 Å². The lowest BCUT2D eigenvalue weighted by Crippen LogP contribution is -2.25. The molecule has 1 nitrogen and oxygen atoms in total. The number of rotatable bonds is 2. The molecule has 3 unspecified atom stereocenters. The largest absolute Gasteiger partial charge is 0.282 e. The van der Waals surface area contributed by atoms with Gasteiger partial charge in [-0.15, -0.1) is 0 Å². The van der Waals surface area contributed by atoms with Crippen LogP contribution in [0.2, 0.25) is 0 Å². The van der Waals surface area contributed by atoms with Gasteiger partial charge in [-0.2, -0.15) is 0 Å². The molecule has 0 amide bonds. The lowest BCUT2D eigenvalue weighted by Gasteiger charge is -2.26. The maximum Gasteiger partial charge on any atom is 0.0706 e. The Bertz CT molecular complexity index is 339. The fraction of sp³-hybridized carbons (Fsp3) is 0.800. The number of allylic oxidation sites excluding steroid dienone is 1. The van der Waals surface area contributed by atoms with Gasteiger partial charge in [0.05, 0.1) is 5.54 Å². The van der Waals surface area contributed by atoms with Gasteiger partial charge in [0, 0.05) is 11.6 Å². The molecule has 0 saturated heterocycles. The maximum absolute atomic E-state index is 5.14. The van der Waals surface area contributed by atoms with Crippen molar-refractivity contribution < 1.29 is 0 Å². The molecule has 3 atom stereocenters. The highest BCUT2D eigenvalue weighted by Crippen LogP contribution is 2.59. The molecule has 88 valence electrons. The van der Waals surface area contributed by atoms with Crippen LogP contribution in [0.1, 0.15) is 52.4 Å². The summed E-state index contributed by atoms with van der Waals surface area (Å²) in [5, 5.41) is 0. The molecule has 0 aromatic carbocycles. The zero-order chi connectivity index (χ0) is 11.2. The first-order valence-corrected chi connectivity index (χ1v) is 6.97. The molecule has 1 aliphatic heterocycles. The van der Waals surface area contributed by atoms with E-state index in [0.29, 0.717) is 5.54 Å². The molecule has 3 rings (SSSR count). The molecule has 3 aliphatic rings. The Kier molecular flexibility index (Phi) is 2.45. The molecular weight excluding hydrogens is 194 g/mol. The first-order valence-electron chi connectivity index (χ1n) is 6.97. The molecule has 0 aromatic heterocycles. The van der Waals surface area contributed by atoms with Gasteiger partial charge >= 0.3 is 0 Å². The minimum atomic E-state index is 0.384. The van der Waals surface area contributed by atoms with E-state index in [1.807, 2.05) is 0 Å². The summed E-state index contributed by atoms with van der Waals surface area (Å²) < 4.78 is 0. The van der Waals surface area contributed by atoms with E-state index in [4.69, 9.17) is 4.99 Å². The highest BCUT2D eigenvalue weighted by molar-refractivity contribution is 5.96. The van der Waals surface area contributed by atoms with Crippen LogP contribution in [-0.4, -0.2) is 11.3 Å². The predicted molar refractivity (Wildman–Crippen MR) is 68.8 cm³/mol. The van der Waals surface area contributed by atoms with Crippen molar-refractivity contribution in [2.45, 2.75) is 57.9 Å². The smallest absolute Gasteiger partial charge is 0.0706 e. The Morgan fingerprint density at radius 1 is 1.38 bits per heavy atom. The summed E-state index contributed by atoms with van der Waals surface area (Å²) in [6.07, 6.45) is 13.0. The van der Waals surface area contributed by atoms with Gasteiger partial charge in [0.25, 0.3) is 0 Å². The average molecular weight is 217 g/mol. The van der Waals surface area contributed by atoms with Crippen LogP contribution in [-0.2, 0) is 0 Å². The summed E-state index contributed by atoms with van der Waals surface area (Å²) in [7, 11) is 0. The van der Waals surface area contributed by atoms with E-state index in [9.17, 15) is 0 Å². The summed E-state index contributed by atoms with van der Waals surface area (Å²) in [6.45, 7) is 4.58. The van der Waals surface area contributed by atoms with Gasteiger partial charge in [0.15, 0.2) is 0 Å². The van der Waals surface area contributed by atoms with Crippen molar-refractivity contribution in [3.8, 4) is 0 Å². The molecule has 1 spiro atoms. The van der Waals surface area contributed by atoms with Gasteiger partial charge in [0.1, 0.15) is 0 Å². The highest BCUT2D eigenvalue weighted by atomic mass is 15.0. The Balaban J connectivity index is 1.82. The minimum Gasteiger partial charge on any atom is -0.282 e. The SMILES string of the molecule is CC(C)CC1=NC23CC2CCCCC3C=C1. The summed E-state index contributed by atoms with van der Waals surface area (Å²) in [6, 6.07) is 0. The van der Waals surface area contributed by atoms with Gasteiger partial charge in [-0.25, -0.2) is 0 Å². The second-order valence-electron chi connectivity index (χ2n) is 6.34. The number of dihydropyridines is 1. The summed E-state index contributed by atoms with van der Waals surface area (Å²) in [5.74, 6) is 2.43. The lowest BCUT2D eigenvalue weighted by atomic mass is 9.88. The Morgan fingerprint density at radius 3 is 3.00 bits per heavy atom. The van der Waals surface area contributed by atoms with Crippen LogP contribution in [0.5, 0.6) is 0 Å². The fourth-order valence-corrected chi connectivity index (χ4v) is 3.69. The van der Waals surface area contributed by atoms with Gasteiger partial charge in [-0.05, 0) is 43.6 Å². The lowest BCUT2D eigenvalue weighted by molar-refractivity contribution is 0.439. The molecule has 0 aromatic rings. The van der Waals surface area contributed by atoms with Gasteiger partial charge in [0.2, 0.25) is 0 Å². The van der Waals surface area contributed by atoms with Crippen LogP contribution >= 0.6 is 0 Å². The van der Waals surface area contributed by atoms with E-state index < -0.39 is 0 Å². The van der Waals surface area contributed by atoms with Crippen LogP contribution in [0, 0.1) is 17.8 Å². The Morgan fingerprint density at radius 2 is 2.19 bits per heavy atom. The molecule has 0 radical (unpaired) electrons. The van der Waals surface area contributed by atoms with Crippen LogP contribution in [0.25, 0.3) is 0 Å². The molecule has 1 heterocycles.